The normalized spacial score (nSPS) is 11.3. The first kappa shape index (κ1) is 16.4. The molecule has 0 saturated carbocycles. The van der Waals surface area contributed by atoms with Gasteiger partial charge < -0.3 is 14.8 Å². The fraction of sp³-hybridized carbons (Fsp3) is 0.167. The molecule has 2 aromatic carbocycles. The van der Waals surface area contributed by atoms with E-state index in [0.29, 0.717) is 11.8 Å². The Morgan fingerprint density at radius 3 is 2.22 bits per heavy atom. The quantitative estimate of drug-likeness (QED) is 0.628. The largest absolute Gasteiger partial charge is 0.461 e. The van der Waals surface area contributed by atoms with Crippen LogP contribution in [0.4, 0.5) is 0 Å². The summed E-state index contributed by atoms with van der Waals surface area (Å²) < 4.78 is 5.10. The second kappa shape index (κ2) is 8.48. The number of nitrogens with one attached hydrogen (secondary N) is 1. The van der Waals surface area contributed by atoms with Crippen molar-refractivity contribution in [3.8, 4) is 0 Å². The Morgan fingerprint density at radius 1 is 1.00 bits per heavy atom. The summed E-state index contributed by atoms with van der Waals surface area (Å²) in [7, 11) is 0. The molecular formula is C18H17NO4. The molecule has 1 atom stereocenters. The predicted octanol–water partition coefficient (Wildman–Crippen LogP) is 2.12. The third-order valence-corrected chi connectivity index (χ3v) is 3.15. The van der Waals surface area contributed by atoms with E-state index in [2.05, 4.69) is 5.32 Å². The molecule has 0 aromatic heterocycles. The van der Waals surface area contributed by atoms with Crippen LogP contribution in [0, 0.1) is 0 Å². The minimum absolute atomic E-state index is 0.137. The van der Waals surface area contributed by atoms with Gasteiger partial charge in [0.25, 0.3) is 5.91 Å². The van der Waals surface area contributed by atoms with Gasteiger partial charge in [-0.3, -0.25) is 9.59 Å². The van der Waals surface area contributed by atoms with E-state index in [4.69, 9.17) is 4.74 Å². The maximum atomic E-state index is 12.0. The van der Waals surface area contributed by atoms with Gasteiger partial charge in [0.2, 0.25) is 0 Å². The monoisotopic (exact) mass is 311 g/mol. The van der Waals surface area contributed by atoms with Crippen LogP contribution < -0.4 is 5.32 Å². The summed E-state index contributed by atoms with van der Waals surface area (Å²) in [4.78, 5) is 34.8. The van der Waals surface area contributed by atoms with Crippen molar-refractivity contribution in [2.75, 3.05) is 0 Å². The number of benzene rings is 2. The summed E-state index contributed by atoms with van der Waals surface area (Å²) in [6.07, 6.45) is 0.333. The Hall–Kier alpha value is -2.95. The lowest BCUT2D eigenvalue weighted by Gasteiger charge is -2.12. The van der Waals surface area contributed by atoms with Crippen molar-refractivity contribution in [1.82, 2.24) is 5.32 Å². The van der Waals surface area contributed by atoms with Crippen molar-refractivity contribution in [2.45, 2.75) is 19.1 Å². The second-order valence-electron chi connectivity index (χ2n) is 4.93. The second-order valence-corrected chi connectivity index (χ2v) is 4.93. The summed E-state index contributed by atoms with van der Waals surface area (Å²) in [5.41, 5.74) is 1.29. The first-order valence-electron chi connectivity index (χ1n) is 7.20. The van der Waals surface area contributed by atoms with Gasteiger partial charge in [0.1, 0.15) is 12.9 Å². The van der Waals surface area contributed by atoms with Gasteiger partial charge in [-0.15, -0.1) is 0 Å². The molecule has 118 valence electrons. The van der Waals surface area contributed by atoms with Crippen LogP contribution in [0.2, 0.25) is 0 Å². The summed E-state index contributed by atoms with van der Waals surface area (Å²) in [5.74, 6) is -0.946. The SMILES string of the molecule is O=C[C@H](CC(=O)OCc1ccccc1)NC(=O)c1ccccc1. The van der Waals surface area contributed by atoms with E-state index in [1.807, 2.05) is 30.3 Å². The number of hydrogen-bond donors (Lipinski definition) is 1. The number of ether oxygens (including phenoxy) is 1. The molecule has 0 aliphatic carbocycles. The Bertz CT molecular complexity index is 655. The van der Waals surface area contributed by atoms with E-state index < -0.39 is 17.9 Å². The van der Waals surface area contributed by atoms with Crippen LogP contribution in [0.1, 0.15) is 22.3 Å². The molecule has 0 aliphatic heterocycles. The lowest BCUT2D eigenvalue weighted by molar-refractivity contribution is -0.146. The van der Waals surface area contributed by atoms with Crippen LogP contribution in [0.25, 0.3) is 0 Å². The van der Waals surface area contributed by atoms with Gasteiger partial charge in [0.15, 0.2) is 0 Å². The van der Waals surface area contributed by atoms with Crippen molar-refractivity contribution in [2.24, 2.45) is 0 Å². The third kappa shape index (κ3) is 5.39. The van der Waals surface area contributed by atoms with E-state index in [0.717, 1.165) is 5.56 Å². The summed E-state index contributed by atoms with van der Waals surface area (Å²) >= 11 is 0. The molecular weight excluding hydrogens is 294 g/mol. The number of aldehydes is 1. The van der Waals surface area contributed by atoms with Gasteiger partial charge in [0, 0.05) is 5.56 Å². The number of esters is 1. The number of carbonyl (C=O) groups is 3. The Morgan fingerprint density at radius 2 is 1.61 bits per heavy atom. The first-order chi connectivity index (χ1) is 11.2. The molecule has 0 fully saturated rings. The highest BCUT2D eigenvalue weighted by molar-refractivity contribution is 5.96. The van der Waals surface area contributed by atoms with Crippen LogP contribution in [0.3, 0.4) is 0 Å². The first-order valence-corrected chi connectivity index (χ1v) is 7.20. The van der Waals surface area contributed by atoms with Gasteiger partial charge in [-0.05, 0) is 17.7 Å². The van der Waals surface area contributed by atoms with E-state index in [1.54, 1.807) is 30.3 Å². The molecule has 0 bridgehead atoms. The number of carbonyl (C=O) groups excluding carboxylic acids is 3. The van der Waals surface area contributed by atoms with Crippen molar-refractivity contribution < 1.29 is 19.1 Å². The van der Waals surface area contributed by atoms with E-state index in [1.165, 1.54) is 0 Å². The molecule has 0 aliphatic rings. The average Bonchev–Trinajstić information content (AvgIpc) is 2.61. The standard InChI is InChI=1S/C18H17NO4/c20-12-16(19-18(22)15-9-5-2-6-10-15)11-17(21)23-13-14-7-3-1-4-8-14/h1-10,12,16H,11,13H2,(H,19,22)/t16-/m0/s1. The van der Waals surface area contributed by atoms with Crippen LogP contribution >= 0.6 is 0 Å². The van der Waals surface area contributed by atoms with E-state index in [-0.39, 0.29) is 13.0 Å². The topological polar surface area (TPSA) is 72.5 Å². The summed E-state index contributed by atoms with van der Waals surface area (Å²) in [6.45, 7) is 0.137. The Kier molecular flexibility index (Phi) is 6.06. The van der Waals surface area contributed by atoms with Gasteiger partial charge >= 0.3 is 5.97 Å². The highest BCUT2D eigenvalue weighted by Gasteiger charge is 2.17. The van der Waals surface area contributed by atoms with Crippen molar-refractivity contribution in [1.29, 1.82) is 0 Å². The molecule has 0 saturated heterocycles. The van der Waals surface area contributed by atoms with Crippen molar-refractivity contribution in [3.63, 3.8) is 0 Å². The van der Waals surface area contributed by atoms with Gasteiger partial charge in [-0.25, -0.2) is 0 Å². The summed E-state index contributed by atoms with van der Waals surface area (Å²) in [5, 5.41) is 2.50. The maximum absolute atomic E-state index is 12.0. The molecule has 23 heavy (non-hydrogen) atoms. The smallest absolute Gasteiger partial charge is 0.308 e. The Balaban J connectivity index is 1.83. The fourth-order valence-electron chi connectivity index (χ4n) is 1.95. The summed E-state index contributed by atoms with van der Waals surface area (Å²) in [6, 6.07) is 16.8. The minimum atomic E-state index is -0.911. The van der Waals surface area contributed by atoms with E-state index in [9.17, 15) is 14.4 Å². The highest BCUT2D eigenvalue weighted by Crippen LogP contribution is 2.04. The average molecular weight is 311 g/mol. The molecule has 1 N–H and O–H groups in total. The van der Waals surface area contributed by atoms with Crippen molar-refractivity contribution in [3.05, 3.63) is 71.8 Å². The number of hydrogen-bond acceptors (Lipinski definition) is 4. The molecule has 2 aromatic rings. The molecule has 0 unspecified atom stereocenters. The van der Waals surface area contributed by atoms with Crippen LogP contribution in [0.5, 0.6) is 0 Å². The zero-order chi connectivity index (χ0) is 16.5. The molecule has 0 spiro atoms. The van der Waals surface area contributed by atoms with Crippen LogP contribution in [-0.2, 0) is 20.9 Å². The van der Waals surface area contributed by atoms with Gasteiger partial charge in [-0.1, -0.05) is 48.5 Å². The third-order valence-electron chi connectivity index (χ3n) is 3.15. The van der Waals surface area contributed by atoms with Gasteiger partial charge in [0.05, 0.1) is 12.5 Å². The zero-order valence-electron chi connectivity index (χ0n) is 12.5. The number of amides is 1. The molecule has 0 radical (unpaired) electrons. The van der Waals surface area contributed by atoms with E-state index >= 15 is 0 Å². The van der Waals surface area contributed by atoms with Crippen LogP contribution in [-0.4, -0.2) is 24.2 Å². The number of rotatable bonds is 7. The zero-order valence-corrected chi connectivity index (χ0v) is 12.5. The minimum Gasteiger partial charge on any atom is -0.461 e. The molecule has 5 nitrogen and oxygen atoms in total. The molecule has 0 heterocycles. The predicted molar refractivity (Wildman–Crippen MR) is 84.6 cm³/mol. The molecule has 1 amide bonds. The van der Waals surface area contributed by atoms with Crippen LogP contribution in [0.15, 0.2) is 60.7 Å². The Labute approximate surface area is 134 Å². The molecule has 2 rings (SSSR count). The molecule has 5 heteroatoms. The lowest BCUT2D eigenvalue weighted by Crippen LogP contribution is -2.37. The van der Waals surface area contributed by atoms with Crippen molar-refractivity contribution >= 4 is 18.2 Å². The fourth-order valence-corrected chi connectivity index (χ4v) is 1.95. The lowest BCUT2D eigenvalue weighted by atomic mass is 10.1. The van der Waals surface area contributed by atoms with Gasteiger partial charge in [-0.2, -0.15) is 0 Å². The maximum Gasteiger partial charge on any atom is 0.308 e. The highest BCUT2D eigenvalue weighted by atomic mass is 16.5.